The van der Waals surface area contributed by atoms with Gasteiger partial charge >= 0.3 is 0 Å². The molecule has 0 fully saturated rings. The van der Waals surface area contributed by atoms with Crippen molar-refractivity contribution in [3.63, 3.8) is 0 Å². The molecular weight excluding hydrogens is 388 g/mol. The average molecular weight is 402 g/mol. The summed E-state index contributed by atoms with van der Waals surface area (Å²) in [5.41, 5.74) is 3.87. The van der Waals surface area contributed by atoms with E-state index < -0.39 is 0 Å². The lowest BCUT2D eigenvalue weighted by atomic mass is 9.95. The number of carbonyl (C=O) groups is 1. The van der Waals surface area contributed by atoms with Gasteiger partial charge in [0.25, 0.3) is 0 Å². The first-order valence-electron chi connectivity index (χ1n) is 6.18. The summed E-state index contributed by atoms with van der Waals surface area (Å²) in [7, 11) is 0. The number of thiophene rings is 1. The summed E-state index contributed by atoms with van der Waals surface area (Å²) in [5.74, 6) is 0.0981. The van der Waals surface area contributed by atoms with Crippen LogP contribution in [0.3, 0.4) is 0 Å². The molecule has 0 aliphatic rings. The number of carbonyl (C=O) groups excluding carboxylic acids is 1. The highest BCUT2D eigenvalue weighted by molar-refractivity contribution is 9.12. The van der Waals surface area contributed by atoms with Gasteiger partial charge < -0.3 is 0 Å². The summed E-state index contributed by atoms with van der Waals surface area (Å²) < 4.78 is 1.85. The van der Waals surface area contributed by atoms with Crippen LogP contribution in [0.25, 0.3) is 0 Å². The van der Waals surface area contributed by atoms with Crippen LogP contribution in [0.4, 0.5) is 0 Å². The van der Waals surface area contributed by atoms with Crippen LogP contribution in [0.2, 0.25) is 0 Å². The Balaban J connectivity index is 2.51. The Bertz CT molecular complexity index is 617. The molecule has 19 heavy (non-hydrogen) atoms. The lowest BCUT2D eigenvalue weighted by Gasteiger charge is -2.08. The fraction of sp³-hybridized carbons (Fsp3) is 0.267. The average Bonchev–Trinajstić information content (AvgIpc) is 2.76. The minimum atomic E-state index is 0.0981. The van der Waals surface area contributed by atoms with Crippen LogP contribution in [0, 0.1) is 0 Å². The third-order valence-corrected chi connectivity index (χ3v) is 5.45. The van der Waals surface area contributed by atoms with Gasteiger partial charge in [-0.15, -0.1) is 11.3 Å². The molecular formula is C15H14Br2OS. The van der Waals surface area contributed by atoms with Crippen molar-refractivity contribution in [2.24, 2.45) is 0 Å². The van der Waals surface area contributed by atoms with Crippen LogP contribution in [0.15, 0.2) is 31.8 Å². The van der Waals surface area contributed by atoms with Crippen molar-refractivity contribution in [2.75, 3.05) is 0 Å². The molecule has 0 atom stereocenters. The van der Waals surface area contributed by atoms with Gasteiger partial charge in [-0.1, -0.05) is 26.0 Å². The molecule has 2 aromatic rings. The molecule has 0 N–H and O–H groups in total. The van der Waals surface area contributed by atoms with E-state index >= 15 is 0 Å². The number of aryl methyl sites for hydroxylation is 2. The van der Waals surface area contributed by atoms with E-state index in [1.165, 1.54) is 16.9 Å². The molecule has 0 saturated carbocycles. The lowest BCUT2D eigenvalue weighted by Crippen LogP contribution is -2.05. The molecule has 0 aliphatic heterocycles. The third-order valence-electron chi connectivity index (χ3n) is 3.11. The zero-order valence-electron chi connectivity index (χ0n) is 10.8. The maximum Gasteiger partial charge on any atom is 0.195 e. The van der Waals surface area contributed by atoms with Gasteiger partial charge in [0.1, 0.15) is 0 Å². The lowest BCUT2D eigenvalue weighted by molar-refractivity contribution is 0.103. The zero-order chi connectivity index (χ0) is 14.0. The topological polar surface area (TPSA) is 17.1 Å². The molecule has 1 nitrogen and oxygen atoms in total. The van der Waals surface area contributed by atoms with Crippen molar-refractivity contribution in [2.45, 2.75) is 26.7 Å². The zero-order valence-corrected chi connectivity index (χ0v) is 14.8. The van der Waals surface area contributed by atoms with Crippen molar-refractivity contribution < 1.29 is 4.79 Å². The smallest absolute Gasteiger partial charge is 0.195 e. The van der Waals surface area contributed by atoms with E-state index in [0.717, 1.165) is 37.1 Å². The molecule has 0 bridgehead atoms. The molecule has 1 aromatic heterocycles. The second-order valence-electron chi connectivity index (χ2n) is 4.27. The molecule has 4 heteroatoms. The third kappa shape index (κ3) is 3.18. The largest absolute Gasteiger partial charge is 0.289 e. The number of halogens is 2. The Morgan fingerprint density at radius 3 is 2.37 bits per heavy atom. The second-order valence-corrected chi connectivity index (χ2v) is 8.01. The predicted molar refractivity (Wildman–Crippen MR) is 88.3 cm³/mol. The van der Waals surface area contributed by atoms with Gasteiger partial charge in [0.2, 0.25) is 0 Å². The molecule has 0 radical (unpaired) electrons. The van der Waals surface area contributed by atoms with Crippen molar-refractivity contribution in [1.29, 1.82) is 0 Å². The van der Waals surface area contributed by atoms with Gasteiger partial charge in [0, 0.05) is 11.1 Å². The van der Waals surface area contributed by atoms with Crippen LogP contribution in [-0.2, 0) is 12.8 Å². The molecule has 0 amide bonds. The van der Waals surface area contributed by atoms with Crippen LogP contribution in [-0.4, -0.2) is 5.78 Å². The van der Waals surface area contributed by atoms with Crippen molar-refractivity contribution in [3.05, 3.63) is 54.1 Å². The summed E-state index contributed by atoms with van der Waals surface area (Å²) in [6, 6.07) is 8.09. The standard InChI is InChI=1S/C15H14Br2OS/c1-3-9-5-6-10(4-2)11(7-9)14(18)12-8-13(16)19-15(12)17/h5-8H,3-4H2,1-2H3. The van der Waals surface area contributed by atoms with Crippen LogP contribution in [0.5, 0.6) is 0 Å². The Hall–Kier alpha value is -0.450. The quantitative estimate of drug-likeness (QED) is 0.606. The first-order chi connectivity index (χ1) is 9.06. The molecule has 0 unspecified atom stereocenters. The minimum Gasteiger partial charge on any atom is -0.289 e. The Morgan fingerprint density at radius 1 is 1.11 bits per heavy atom. The van der Waals surface area contributed by atoms with E-state index in [0.29, 0.717) is 0 Å². The van der Waals surface area contributed by atoms with Crippen LogP contribution < -0.4 is 0 Å². The van der Waals surface area contributed by atoms with Crippen molar-refractivity contribution in [1.82, 2.24) is 0 Å². The summed E-state index contributed by atoms with van der Waals surface area (Å²) in [6.07, 6.45) is 1.81. The predicted octanol–water partition coefficient (Wildman–Crippen LogP) is 5.63. The van der Waals surface area contributed by atoms with Crippen molar-refractivity contribution >= 4 is 49.0 Å². The highest BCUT2D eigenvalue weighted by atomic mass is 79.9. The van der Waals surface area contributed by atoms with Crippen LogP contribution in [0.1, 0.15) is 40.9 Å². The minimum absolute atomic E-state index is 0.0981. The molecule has 100 valence electrons. The maximum atomic E-state index is 12.7. The normalized spacial score (nSPS) is 10.7. The van der Waals surface area contributed by atoms with Gasteiger partial charge in [0.05, 0.1) is 7.57 Å². The molecule has 1 heterocycles. The molecule has 0 saturated heterocycles. The van der Waals surface area contributed by atoms with Gasteiger partial charge in [-0.05, 0) is 68.0 Å². The first kappa shape index (κ1) is 14.9. The van der Waals surface area contributed by atoms with E-state index in [2.05, 4.69) is 57.8 Å². The number of hydrogen-bond donors (Lipinski definition) is 0. The Kier molecular flexibility index (Phi) is 4.98. The highest BCUT2D eigenvalue weighted by Gasteiger charge is 2.18. The second kappa shape index (κ2) is 6.33. The number of rotatable bonds is 4. The first-order valence-corrected chi connectivity index (χ1v) is 8.58. The SMILES string of the molecule is CCc1ccc(CC)c(C(=O)c2cc(Br)sc2Br)c1. The van der Waals surface area contributed by atoms with E-state index in [1.807, 2.05) is 12.1 Å². The Morgan fingerprint density at radius 2 is 1.84 bits per heavy atom. The summed E-state index contributed by atoms with van der Waals surface area (Å²) in [6.45, 7) is 4.18. The van der Waals surface area contributed by atoms with E-state index in [1.54, 1.807) is 0 Å². The monoisotopic (exact) mass is 400 g/mol. The van der Waals surface area contributed by atoms with E-state index in [4.69, 9.17) is 0 Å². The summed E-state index contributed by atoms with van der Waals surface area (Å²) in [5, 5.41) is 0. The fourth-order valence-electron chi connectivity index (χ4n) is 2.00. The molecule has 0 aliphatic carbocycles. The summed E-state index contributed by atoms with van der Waals surface area (Å²) >= 11 is 8.42. The molecule has 0 spiro atoms. The number of benzene rings is 1. The number of ketones is 1. The maximum absolute atomic E-state index is 12.7. The molecule has 1 aromatic carbocycles. The number of hydrogen-bond acceptors (Lipinski definition) is 2. The van der Waals surface area contributed by atoms with Crippen molar-refractivity contribution in [3.8, 4) is 0 Å². The van der Waals surface area contributed by atoms with E-state index in [-0.39, 0.29) is 5.78 Å². The van der Waals surface area contributed by atoms with E-state index in [9.17, 15) is 4.79 Å². The molecule has 2 rings (SSSR count). The Labute approximate surface area is 134 Å². The van der Waals surface area contributed by atoms with Gasteiger partial charge in [-0.2, -0.15) is 0 Å². The summed E-state index contributed by atoms with van der Waals surface area (Å²) in [4.78, 5) is 12.7. The fourth-order valence-corrected chi connectivity index (χ4v) is 4.80. The van der Waals surface area contributed by atoms with Gasteiger partial charge in [-0.25, -0.2) is 0 Å². The van der Waals surface area contributed by atoms with Crippen LogP contribution >= 0.6 is 43.2 Å². The highest BCUT2D eigenvalue weighted by Crippen LogP contribution is 2.33. The van der Waals surface area contributed by atoms with Gasteiger partial charge in [-0.3, -0.25) is 4.79 Å². The van der Waals surface area contributed by atoms with Gasteiger partial charge in [0.15, 0.2) is 5.78 Å².